The molecule has 0 aliphatic carbocycles. The Kier molecular flexibility index (Phi) is 5.93. The van der Waals surface area contributed by atoms with Crippen LogP contribution in [0.15, 0.2) is 23.1 Å². The average Bonchev–Trinajstić information content (AvgIpc) is 2.31. The van der Waals surface area contributed by atoms with Crippen molar-refractivity contribution in [3.63, 3.8) is 0 Å². The van der Waals surface area contributed by atoms with Gasteiger partial charge in [-0.15, -0.1) is 11.8 Å². The predicted octanol–water partition coefficient (Wildman–Crippen LogP) is 1.56. The summed E-state index contributed by atoms with van der Waals surface area (Å²) in [5.74, 6) is -1.47. The highest BCUT2D eigenvalue weighted by Crippen LogP contribution is 2.20. The van der Waals surface area contributed by atoms with Crippen LogP contribution in [0.2, 0.25) is 0 Å². The first kappa shape index (κ1) is 13.9. The van der Waals surface area contributed by atoms with E-state index in [0.717, 1.165) is 12.1 Å². The molecule has 17 heavy (non-hydrogen) atoms. The van der Waals surface area contributed by atoms with Gasteiger partial charge in [0.15, 0.2) is 11.6 Å². The zero-order valence-electron chi connectivity index (χ0n) is 9.08. The molecular formula is C11H13F2NO2S. The molecule has 1 amide bonds. The number of rotatable bonds is 6. The minimum absolute atomic E-state index is 0.0952. The molecule has 0 aliphatic rings. The molecule has 0 saturated carbocycles. The van der Waals surface area contributed by atoms with Gasteiger partial charge in [-0.05, 0) is 18.2 Å². The molecule has 1 aromatic carbocycles. The number of amides is 1. The van der Waals surface area contributed by atoms with Crippen LogP contribution in [0, 0.1) is 11.6 Å². The van der Waals surface area contributed by atoms with E-state index in [1.54, 1.807) is 0 Å². The molecule has 0 fully saturated rings. The number of benzene rings is 1. The maximum absolute atomic E-state index is 12.8. The smallest absolute Gasteiger partial charge is 0.220 e. The van der Waals surface area contributed by atoms with E-state index in [4.69, 9.17) is 5.11 Å². The molecule has 94 valence electrons. The van der Waals surface area contributed by atoms with Crippen molar-refractivity contribution in [2.75, 3.05) is 18.9 Å². The van der Waals surface area contributed by atoms with E-state index in [-0.39, 0.29) is 25.5 Å². The molecule has 0 radical (unpaired) electrons. The minimum atomic E-state index is -0.889. The van der Waals surface area contributed by atoms with Gasteiger partial charge in [0.2, 0.25) is 5.91 Å². The van der Waals surface area contributed by atoms with Crippen LogP contribution >= 0.6 is 11.8 Å². The summed E-state index contributed by atoms with van der Waals surface area (Å²) >= 11 is 1.28. The lowest BCUT2D eigenvalue weighted by molar-refractivity contribution is -0.120. The van der Waals surface area contributed by atoms with Crippen LogP contribution in [0.4, 0.5) is 8.78 Å². The van der Waals surface area contributed by atoms with Crippen molar-refractivity contribution < 1.29 is 18.7 Å². The van der Waals surface area contributed by atoms with Crippen LogP contribution in [-0.2, 0) is 4.79 Å². The molecule has 1 rings (SSSR count). The Hall–Kier alpha value is -1.14. The lowest BCUT2D eigenvalue weighted by atomic mass is 10.3. The van der Waals surface area contributed by atoms with Crippen LogP contribution in [0.5, 0.6) is 0 Å². The van der Waals surface area contributed by atoms with Gasteiger partial charge in [0.1, 0.15) is 0 Å². The molecular weight excluding hydrogens is 248 g/mol. The summed E-state index contributed by atoms with van der Waals surface area (Å²) in [6.07, 6.45) is 0.268. The SMILES string of the molecule is O=C(CCSc1ccc(F)c(F)c1)NCCO. The second-order valence-electron chi connectivity index (χ2n) is 3.25. The summed E-state index contributed by atoms with van der Waals surface area (Å²) < 4.78 is 25.5. The Bertz CT molecular complexity index is 388. The van der Waals surface area contributed by atoms with Gasteiger partial charge in [-0.25, -0.2) is 8.78 Å². The van der Waals surface area contributed by atoms with E-state index in [9.17, 15) is 13.6 Å². The maximum atomic E-state index is 12.8. The lowest BCUT2D eigenvalue weighted by Crippen LogP contribution is -2.26. The minimum Gasteiger partial charge on any atom is -0.395 e. The number of thioether (sulfide) groups is 1. The third-order valence-corrected chi connectivity index (χ3v) is 2.92. The lowest BCUT2D eigenvalue weighted by Gasteiger charge is -2.03. The van der Waals surface area contributed by atoms with Crippen molar-refractivity contribution in [3.8, 4) is 0 Å². The monoisotopic (exact) mass is 261 g/mol. The Morgan fingerprint density at radius 1 is 1.35 bits per heavy atom. The largest absolute Gasteiger partial charge is 0.395 e. The molecule has 2 N–H and O–H groups in total. The maximum Gasteiger partial charge on any atom is 0.220 e. The highest BCUT2D eigenvalue weighted by atomic mass is 32.2. The molecule has 0 atom stereocenters. The zero-order chi connectivity index (χ0) is 12.7. The number of hydrogen-bond acceptors (Lipinski definition) is 3. The van der Waals surface area contributed by atoms with Crippen molar-refractivity contribution in [2.45, 2.75) is 11.3 Å². The molecule has 0 saturated heterocycles. The molecule has 0 aliphatic heterocycles. The molecule has 0 spiro atoms. The normalized spacial score (nSPS) is 10.3. The summed E-state index contributed by atoms with van der Waals surface area (Å²) in [6, 6.07) is 3.63. The van der Waals surface area contributed by atoms with E-state index in [1.807, 2.05) is 0 Å². The Balaban J connectivity index is 2.30. The second-order valence-corrected chi connectivity index (χ2v) is 4.42. The number of nitrogens with one attached hydrogen (secondary N) is 1. The molecule has 3 nitrogen and oxygen atoms in total. The van der Waals surface area contributed by atoms with Gasteiger partial charge < -0.3 is 10.4 Å². The van der Waals surface area contributed by atoms with Crippen LogP contribution in [0.1, 0.15) is 6.42 Å². The van der Waals surface area contributed by atoms with Gasteiger partial charge in [-0.2, -0.15) is 0 Å². The van der Waals surface area contributed by atoms with E-state index in [1.165, 1.54) is 17.8 Å². The van der Waals surface area contributed by atoms with Gasteiger partial charge in [0.25, 0.3) is 0 Å². The number of carbonyl (C=O) groups is 1. The number of carbonyl (C=O) groups excluding carboxylic acids is 1. The number of hydrogen-bond donors (Lipinski definition) is 2. The molecule has 6 heteroatoms. The van der Waals surface area contributed by atoms with E-state index >= 15 is 0 Å². The standard InChI is InChI=1S/C11H13F2NO2S/c12-9-2-1-8(7-10(9)13)17-6-3-11(16)14-4-5-15/h1-2,7,15H,3-6H2,(H,14,16). The second kappa shape index (κ2) is 7.24. The number of halogens is 2. The van der Waals surface area contributed by atoms with Crippen molar-refractivity contribution in [3.05, 3.63) is 29.8 Å². The summed E-state index contributed by atoms with van der Waals surface area (Å²) in [6.45, 7) is 0.136. The fourth-order valence-electron chi connectivity index (χ4n) is 1.11. The Morgan fingerprint density at radius 3 is 2.76 bits per heavy atom. The van der Waals surface area contributed by atoms with E-state index in [0.29, 0.717) is 10.6 Å². The first-order valence-corrected chi connectivity index (χ1v) is 6.07. The van der Waals surface area contributed by atoms with Crippen LogP contribution < -0.4 is 5.32 Å². The summed E-state index contributed by atoms with van der Waals surface area (Å²) in [5, 5.41) is 11.0. The van der Waals surface area contributed by atoms with Crippen molar-refractivity contribution >= 4 is 17.7 Å². The van der Waals surface area contributed by atoms with Gasteiger partial charge >= 0.3 is 0 Å². The third kappa shape index (κ3) is 5.14. The third-order valence-electron chi connectivity index (χ3n) is 1.92. The Labute approximate surface area is 102 Å². The highest BCUT2D eigenvalue weighted by molar-refractivity contribution is 7.99. The molecule has 0 aromatic heterocycles. The summed E-state index contributed by atoms with van der Waals surface area (Å²) in [5.41, 5.74) is 0. The summed E-state index contributed by atoms with van der Waals surface area (Å²) in [7, 11) is 0. The molecule has 0 heterocycles. The molecule has 0 bridgehead atoms. The van der Waals surface area contributed by atoms with E-state index < -0.39 is 11.6 Å². The topological polar surface area (TPSA) is 49.3 Å². The summed E-state index contributed by atoms with van der Waals surface area (Å²) in [4.78, 5) is 11.7. The number of aliphatic hydroxyl groups excluding tert-OH is 1. The van der Waals surface area contributed by atoms with Gasteiger partial charge in [0.05, 0.1) is 6.61 Å². The first-order chi connectivity index (χ1) is 8.13. The molecule has 0 unspecified atom stereocenters. The predicted molar refractivity (Wildman–Crippen MR) is 61.8 cm³/mol. The van der Waals surface area contributed by atoms with Crippen LogP contribution in [0.3, 0.4) is 0 Å². The fraction of sp³-hybridized carbons (Fsp3) is 0.364. The zero-order valence-corrected chi connectivity index (χ0v) is 9.90. The van der Waals surface area contributed by atoms with E-state index in [2.05, 4.69) is 5.32 Å². The van der Waals surface area contributed by atoms with Crippen molar-refractivity contribution in [2.24, 2.45) is 0 Å². The van der Waals surface area contributed by atoms with Crippen molar-refractivity contribution in [1.82, 2.24) is 5.32 Å². The molecule has 1 aromatic rings. The average molecular weight is 261 g/mol. The Morgan fingerprint density at radius 2 is 2.12 bits per heavy atom. The number of aliphatic hydroxyl groups is 1. The van der Waals surface area contributed by atoms with Crippen LogP contribution in [0.25, 0.3) is 0 Å². The van der Waals surface area contributed by atoms with Gasteiger partial charge in [-0.1, -0.05) is 0 Å². The first-order valence-electron chi connectivity index (χ1n) is 5.09. The fourth-order valence-corrected chi connectivity index (χ4v) is 1.99. The quantitative estimate of drug-likeness (QED) is 0.764. The van der Waals surface area contributed by atoms with Gasteiger partial charge in [-0.3, -0.25) is 4.79 Å². The highest BCUT2D eigenvalue weighted by Gasteiger charge is 2.04. The van der Waals surface area contributed by atoms with Gasteiger partial charge in [0, 0.05) is 23.6 Å². The van der Waals surface area contributed by atoms with Crippen LogP contribution in [-0.4, -0.2) is 29.9 Å². The van der Waals surface area contributed by atoms with Crippen molar-refractivity contribution in [1.29, 1.82) is 0 Å².